The van der Waals surface area contributed by atoms with Gasteiger partial charge in [-0.1, -0.05) is 18.2 Å². The van der Waals surface area contributed by atoms with E-state index in [9.17, 15) is 0 Å². The van der Waals surface area contributed by atoms with E-state index >= 15 is 0 Å². The van der Waals surface area contributed by atoms with E-state index in [0.29, 0.717) is 0 Å². The van der Waals surface area contributed by atoms with Crippen LogP contribution in [-0.4, -0.2) is 16.2 Å². The molecule has 0 fully saturated rings. The number of aromatic amines is 1. The van der Waals surface area contributed by atoms with E-state index in [1.54, 1.807) is 0 Å². The van der Waals surface area contributed by atoms with Crippen molar-refractivity contribution in [3.05, 3.63) is 77.2 Å². The molecular weight excluding hydrogens is 308 g/mol. The molecule has 2 aromatic heterocycles. The number of rotatable bonds is 0. The van der Waals surface area contributed by atoms with Crippen LogP contribution in [0.1, 0.15) is 5.56 Å². The van der Waals surface area contributed by atoms with Crippen molar-refractivity contribution < 1.29 is 0 Å². The molecule has 0 unspecified atom stereocenters. The van der Waals surface area contributed by atoms with E-state index in [0.717, 1.165) is 27.6 Å². The molecule has 4 aromatic rings. The second-order valence-corrected chi connectivity index (χ2v) is 5.91. The molecule has 118 valence electrons. The third kappa shape index (κ3) is 2.27. The van der Waals surface area contributed by atoms with Gasteiger partial charge in [-0.2, -0.15) is 0 Å². The molecule has 2 aliphatic heterocycles. The van der Waals surface area contributed by atoms with Gasteiger partial charge < -0.3 is 4.98 Å². The Hall–Kier alpha value is -3.53. The third-order valence-electron chi connectivity index (χ3n) is 4.44. The Morgan fingerprint density at radius 1 is 0.960 bits per heavy atom. The van der Waals surface area contributed by atoms with Crippen molar-refractivity contribution in [1.82, 2.24) is 9.97 Å². The van der Waals surface area contributed by atoms with Gasteiger partial charge in [0.1, 0.15) is 0 Å². The van der Waals surface area contributed by atoms with Crippen LogP contribution in [0.25, 0.3) is 34.0 Å². The lowest BCUT2D eigenvalue weighted by Crippen LogP contribution is -2.09. The Kier molecular flexibility index (Phi) is 3.07. The summed E-state index contributed by atoms with van der Waals surface area (Å²) < 4.78 is 0. The van der Waals surface area contributed by atoms with Crippen molar-refractivity contribution in [1.29, 1.82) is 0 Å². The van der Waals surface area contributed by atoms with E-state index in [2.05, 4.69) is 50.3 Å². The lowest BCUT2D eigenvalue weighted by atomic mass is 10.1. The first kappa shape index (κ1) is 13.9. The summed E-state index contributed by atoms with van der Waals surface area (Å²) in [5.74, 6) is 0. The molecule has 6 rings (SSSR count). The van der Waals surface area contributed by atoms with Gasteiger partial charge in [0.25, 0.3) is 0 Å². The first-order valence-corrected chi connectivity index (χ1v) is 8.13. The van der Waals surface area contributed by atoms with Crippen LogP contribution in [0.3, 0.4) is 0 Å². The Morgan fingerprint density at radius 2 is 1.96 bits per heavy atom. The number of nitrogens with one attached hydrogen (secondary N) is 1. The van der Waals surface area contributed by atoms with Gasteiger partial charge in [0.15, 0.2) is 0 Å². The van der Waals surface area contributed by atoms with Crippen molar-refractivity contribution in [2.24, 2.45) is 9.98 Å². The Labute approximate surface area is 143 Å². The van der Waals surface area contributed by atoms with Crippen LogP contribution in [0.5, 0.6) is 0 Å². The van der Waals surface area contributed by atoms with Crippen molar-refractivity contribution in [2.75, 3.05) is 0 Å². The number of H-pyrrole nitrogens is 1. The number of aromatic nitrogens is 2. The third-order valence-corrected chi connectivity index (χ3v) is 4.44. The number of nitrogens with zero attached hydrogens (tertiary/aromatic N) is 3. The van der Waals surface area contributed by atoms with Crippen LogP contribution in [0.4, 0.5) is 5.69 Å². The van der Waals surface area contributed by atoms with Crippen molar-refractivity contribution in [3.63, 3.8) is 0 Å². The standard InChI is InChI=1S/C11H8N2.C10H6N2/c1-2-8-3-4-10-9(5-7-12-10)11(8)13-6-1;1-2-9-8(4-6-11-9)10-7(1)3-5-12-10/h1-7,12H;1-6H. The summed E-state index contributed by atoms with van der Waals surface area (Å²) in [5.41, 5.74) is 4.43. The summed E-state index contributed by atoms with van der Waals surface area (Å²) in [6.45, 7) is 0. The van der Waals surface area contributed by atoms with Gasteiger partial charge in [0.2, 0.25) is 0 Å². The van der Waals surface area contributed by atoms with Gasteiger partial charge in [-0.05, 0) is 36.4 Å². The highest BCUT2D eigenvalue weighted by Gasteiger charge is 2.07. The smallest absolute Gasteiger partial charge is 0.0797 e. The number of pyridine rings is 1. The largest absolute Gasteiger partial charge is 0.361 e. The highest BCUT2D eigenvalue weighted by Crippen LogP contribution is 2.21. The zero-order valence-electron chi connectivity index (χ0n) is 13.3. The van der Waals surface area contributed by atoms with Crippen LogP contribution in [0.15, 0.2) is 71.0 Å². The molecule has 0 radical (unpaired) electrons. The summed E-state index contributed by atoms with van der Waals surface area (Å²) in [6, 6.07) is 14.3. The maximum absolute atomic E-state index is 4.36. The van der Waals surface area contributed by atoms with Gasteiger partial charge >= 0.3 is 0 Å². The first-order valence-electron chi connectivity index (χ1n) is 8.13. The highest BCUT2D eigenvalue weighted by atomic mass is 14.8. The zero-order chi connectivity index (χ0) is 16.6. The lowest BCUT2D eigenvalue weighted by Gasteiger charge is -1.96. The topological polar surface area (TPSA) is 53.4 Å². The molecule has 4 nitrogen and oxygen atoms in total. The molecule has 0 aliphatic carbocycles. The van der Waals surface area contributed by atoms with E-state index in [1.807, 2.05) is 49.1 Å². The summed E-state index contributed by atoms with van der Waals surface area (Å²) in [4.78, 5) is 16.0. The fourth-order valence-corrected chi connectivity index (χ4v) is 3.23. The average Bonchev–Trinajstić information content (AvgIpc) is 3.40. The lowest BCUT2D eigenvalue weighted by molar-refractivity contribution is 1.36. The molecule has 0 saturated carbocycles. The van der Waals surface area contributed by atoms with Crippen LogP contribution >= 0.6 is 0 Å². The van der Waals surface area contributed by atoms with Gasteiger partial charge in [-0.3, -0.25) is 15.0 Å². The van der Waals surface area contributed by atoms with Gasteiger partial charge in [-0.15, -0.1) is 0 Å². The zero-order valence-corrected chi connectivity index (χ0v) is 13.3. The molecule has 0 saturated heterocycles. The maximum Gasteiger partial charge on any atom is 0.0797 e. The van der Waals surface area contributed by atoms with Crippen LogP contribution in [0, 0.1) is 0 Å². The number of hydrogen-bond donors (Lipinski definition) is 1. The number of aliphatic imine (C=N–C) groups is 1. The maximum atomic E-state index is 4.36. The van der Waals surface area contributed by atoms with Gasteiger partial charge in [0, 0.05) is 51.9 Å². The summed E-state index contributed by atoms with van der Waals surface area (Å²) in [7, 11) is 0. The summed E-state index contributed by atoms with van der Waals surface area (Å²) in [5, 5.41) is 4.60. The first-order chi connectivity index (χ1) is 12.4. The minimum atomic E-state index is 1.03. The molecule has 0 spiro atoms. The highest BCUT2D eigenvalue weighted by molar-refractivity contribution is 6.03. The quantitative estimate of drug-likeness (QED) is 0.529. The number of fused-ring (bicyclic) bond motifs is 6. The van der Waals surface area contributed by atoms with Crippen molar-refractivity contribution >= 4 is 45.9 Å². The van der Waals surface area contributed by atoms with Gasteiger partial charge in [0.05, 0.1) is 16.6 Å². The molecule has 25 heavy (non-hydrogen) atoms. The van der Waals surface area contributed by atoms with E-state index in [-0.39, 0.29) is 0 Å². The predicted molar refractivity (Wildman–Crippen MR) is 102 cm³/mol. The number of hydrogen-bond acceptors (Lipinski definition) is 3. The monoisotopic (exact) mass is 322 g/mol. The average molecular weight is 322 g/mol. The molecule has 0 bridgehead atoms. The van der Waals surface area contributed by atoms with Gasteiger partial charge in [-0.25, -0.2) is 0 Å². The fourth-order valence-electron chi connectivity index (χ4n) is 3.23. The molecule has 4 heterocycles. The molecule has 0 atom stereocenters. The second-order valence-electron chi connectivity index (χ2n) is 5.91. The minimum absolute atomic E-state index is 1.03. The SMILES string of the molecule is C1=Cc2c3c(ccc2=N1)=CC=N3.c1cnc2c(c1)ccc1[nH]ccc12. The van der Waals surface area contributed by atoms with Crippen molar-refractivity contribution in [2.45, 2.75) is 0 Å². The van der Waals surface area contributed by atoms with Crippen LogP contribution in [-0.2, 0) is 0 Å². The molecule has 4 heteroatoms. The second kappa shape index (κ2) is 5.53. The summed E-state index contributed by atoms with van der Waals surface area (Å²) in [6.07, 6.45) is 11.4. The van der Waals surface area contributed by atoms with Crippen LogP contribution < -0.4 is 10.6 Å². The summed E-state index contributed by atoms with van der Waals surface area (Å²) >= 11 is 0. The van der Waals surface area contributed by atoms with Crippen molar-refractivity contribution in [3.8, 4) is 0 Å². The Balaban J connectivity index is 0.000000112. The molecular formula is C21H14N4. The molecule has 2 aromatic carbocycles. The molecule has 2 aliphatic rings. The van der Waals surface area contributed by atoms with E-state index < -0.39 is 0 Å². The predicted octanol–water partition coefficient (Wildman–Crippen LogP) is 3.50. The fraction of sp³-hybridized carbons (Fsp3) is 0. The Morgan fingerprint density at radius 3 is 2.96 bits per heavy atom. The number of benzene rings is 2. The van der Waals surface area contributed by atoms with Crippen LogP contribution in [0.2, 0.25) is 0 Å². The van der Waals surface area contributed by atoms with E-state index in [4.69, 9.17) is 0 Å². The molecule has 1 N–H and O–H groups in total. The minimum Gasteiger partial charge on any atom is -0.361 e. The molecule has 0 amide bonds. The Bertz CT molecular complexity index is 1240. The normalized spacial score (nSPS) is 13.1. The van der Waals surface area contributed by atoms with E-state index in [1.165, 1.54) is 16.0 Å².